The Hall–Kier alpha value is -1.67. The van der Waals surface area contributed by atoms with Gasteiger partial charge in [-0.05, 0) is 76.3 Å². The monoisotopic (exact) mass is 424 g/mol. The normalized spacial score (nSPS) is 18.0. The van der Waals surface area contributed by atoms with Crippen molar-refractivity contribution < 1.29 is 9.18 Å². The predicted molar refractivity (Wildman–Crippen MR) is 96.4 cm³/mol. The molecular weight excluding hydrogens is 414 g/mol. The van der Waals surface area contributed by atoms with Gasteiger partial charge in [-0.25, -0.2) is 9.38 Å². The number of benzene rings is 2. The number of rotatable bonds is 2. The number of aliphatic imine (C=N–C) groups is 1. The van der Waals surface area contributed by atoms with Crippen LogP contribution in [0.5, 0.6) is 0 Å². The molecular formula is C16H10FIN2OS. The first kappa shape index (κ1) is 15.2. The standard InChI is InChI=1S/C16H10FIN2OS/c17-11-5-7-12(8-6-11)19-16-20-15(21)14(22-16)9-10-3-1-2-4-13(10)18/h1-9H,(H,19,20,21)/b14-9-. The van der Waals surface area contributed by atoms with Crippen LogP contribution in [0.4, 0.5) is 10.1 Å². The molecule has 1 aliphatic rings. The summed E-state index contributed by atoms with van der Waals surface area (Å²) in [6.45, 7) is 0. The lowest BCUT2D eigenvalue weighted by Gasteiger charge is -1.98. The molecule has 2 aromatic rings. The molecule has 1 N–H and O–H groups in total. The second-order valence-electron chi connectivity index (χ2n) is 4.48. The fourth-order valence-corrected chi connectivity index (χ4v) is 3.22. The van der Waals surface area contributed by atoms with Crippen molar-refractivity contribution in [1.29, 1.82) is 0 Å². The Morgan fingerprint density at radius 3 is 2.59 bits per heavy atom. The maximum Gasteiger partial charge on any atom is 0.264 e. The lowest BCUT2D eigenvalue weighted by atomic mass is 10.2. The van der Waals surface area contributed by atoms with Gasteiger partial charge in [0.05, 0.1) is 10.6 Å². The van der Waals surface area contributed by atoms with Crippen LogP contribution in [0.1, 0.15) is 5.56 Å². The SMILES string of the molecule is O=C1NC(=Nc2ccc(F)cc2)S/C1=C\c1ccccc1I. The van der Waals surface area contributed by atoms with Gasteiger partial charge in [0.2, 0.25) is 0 Å². The lowest BCUT2D eigenvalue weighted by Crippen LogP contribution is -2.19. The minimum absolute atomic E-state index is 0.175. The number of amides is 1. The van der Waals surface area contributed by atoms with E-state index in [1.807, 2.05) is 30.3 Å². The van der Waals surface area contributed by atoms with Gasteiger partial charge in [-0.15, -0.1) is 0 Å². The molecule has 1 saturated heterocycles. The van der Waals surface area contributed by atoms with E-state index in [0.717, 1.165) is 9.13 Å². The molecule has 110 valence electrons. The van der Waals surface area contributed by atoms with Crippen molar-refractivity contribution in [2.75, 3.05) is 0 Å². The third-order valence-corrected chi connectivity index (χ3v) is 4.79. The van der Waals surface area contributed by atoms with E-state index in [1.54, 1.807) is 12.1 Å². The zero-order valence-corrected chi connectivity index (χ0v) is 14.2. The molecule has 1 heterocycles. The van der Waals surface area contributed by atoms with Crippen LogP contribution in [0.15, 0.2) is 58.4 Å². The first-order valence-electron chi connectivity index (χ1n) is 6.41. The van der Waals surface area contributed by atoms with Gasteiger partial charge in [-0.1, -0.05) is 18.2 Å². The van der Waals surface area contributed by atoms with Crippen molar-refractivity contribution in [2.45, 2.75) is 0 Å². The molecule has 3 rings (SSSR count). The van der Waals surface area contributed by atoms with Crippen molar-refractivity contribution in [1.82, 2.24) is 5.32 Å². The highest BCUT2D eigenvalue weighted by Crippen LogP contribution is 2.29. The van der Waals surface area contributed by atoms with E-state index in [-0.39, 0.29) is 11.7 Å². The minimum atomic E-state index is -0.314. The highest BCUT2D eigenvalue weighted by Gasteiger charge is 2.23. The summed E-state index contributed by atoms with van der Waals surface area (Å²) in [5.74, 6) is -0.489. The first-order valence-corrected chi connectivity index (χ1v) is 8.31. The molecule has 6 heteroatoms. The topological polar surface area (TPSA) is 41.5 Å². The Labute approximate surface area is 144 Å². The molecule has 3 nitrogen and oxygen atoms in total. The van der Waals surface area contributed by atoms with Crippen molar-refractivity contribution >= 4 is 57.2 Å². The maximum atomic E-state index is 12.9. The second-order valence-corrected chi connectivity index (χ2v) is 6.67. The number of hydrogen-bond donors (Lipinski definition) is 1. The van der Waals surface area contributed by atoms with E-state index >= 15 is 0 Å². The number of nitrogens with one attached hydrogen (secondary N) is 1. The third-order valence-electron chi connectivity index (χ3n) is 2.90. The van der Waals surface area contributed by atoms with E-state index in [0.29, 0.717) is 15.8 Å². The zero-order valence-electron chi connectivity index (χ0n) is 11.2. The molecule has 2 aromatic carbocycles. The average molecular weight is 424 g/mol. The minimum Gasteiger partial charge on any atom is -0.300 e. The van der Waals surface area contributed by atoms with E-state index in [2.05, 4.69) is 32.9 Å². The summed E-state index contributed by atoms with van der Waals surface area (Å²) in [4.78, 5) is 16.9. The van der Waals surface area contributed by atoms with Crippen molar-refractivity contribution in [2.24, 2.45) is 4.99 Å². The van der Waals surface area contributed by atoms with Crippen molar-refractivity contribution in [3.63, 3.8) is 0 Å². The molecule has 22 heavy (non-hydrogen) atoms. The van der Waals surface area contributed by atoms with Gasteiger partial charge >= 0.3 is 0 Å². The van der Waals surface area contributed by atoms with Gasteiger partial charge in [-0.3, -0.25) is 4.79 Å². The van der Waals surface area contributed by atoms with E-state index in [4.69, 9.17) is 0 Å². The van der Waals surface area contributed by atoms with E-state index in [9.17, 15) is 9.18 Å². The number of amidine groups is 1. The van der Waals surface area contributed by atoms with E-state index in [1.165, 1.54) is 23.9 Å². The molecule has 0 saturated carbocycles. The maximum absolute atomic E-state index is 12.9. The van der Waals surface area contributed by atoms with Crippen LogP contribution < -0.4 is 5.32 Å². The first-order chi connectivity index (χ1) is 10.6. The molecule has 0 aromatic heterocycles. The van der Waals surface area contributed by atoms with Crippen LogP contribution in [0.2, 0.25) is 0 Å². The highest BCUT2D eigenvalue weighted by molar-refractivity contribution is 14.1. The summed E-state index contributed by atoms with van der Waals surface area (Å²) in [7, 11) is 0. The van der Waals surface area contributed by atoms with Gasteiger partial charge in [0, 0.05) is 3.57 Å². The number of thioether (sulfide) groups is 1. The van der Waals surface area contributed by atoms with Gasteiger partial charge in [0.25, 0.3) is 5.91 Å². The lowest BCUT2D eigenvalue weighted by molar-refractivity contribution is -0.115. The zero-order chi connectivity index (χ0) is 15.5. The quantitative estimate of drug-likeness (QED) is 0.577. The van der Waals surface area contributed by atoms with Crippen LogP contribution in [0.25, 0.3) is 6.08 Å². The Kier molecular flexibility index (Phi) is 4.58. The van der Waals surface area contributed by atoms with Crippen LogP contribution in [-0.4, -0.2) is 11.1 Å². The predicted octanol–water partition coefficient (Wildman–Crippen LogP) is 4.32. The Bertz CT molecular complexity index is 787. The van der Waals surface area contributed by atoms with Gasteiger partial charge < -0.3 is 5.32 Å². The van der Waals surface area contributed by atoms with E-state index < -0.39 is 0 Å². The molecule has 1 amide bonds. The number of nitrogens with zero attached hydrogens (tertiary/aromatic N) is 1. The second kappa shape index (κ2) is 6.62. The number of hydrogen-bond acceptors (Lipinski definition) is 3. The molecule has 0 bridgehead atoms. The third kappa shape index (κ3) is 3.56. The summed E-state index contributed by atoms with van der Waals surface area (Å²) >= 11 is 3.50. The van der Waals surface area contributed by atoms with Crippen LogP contribution in [-0.2, 0) is 4.79 Å². The van der Waals surface area contributed by atoms with Gasteiger partial charge in [0.15, 0.2) is 5.17 Å². The average Bonchev–Trinajstić information content (AvgIpc) is 2.84. The molecule has 1 aliphatic heterocycles. The number of carbonyl (C=O) groups excluding carboxylic acids is 1. The summed E-state index contributed by atoms with van der Waals surface area (Å²) < 4.78 is 13.9. The molecule has 0 radical (unpaired) electrons. The molecule has 0 spiro atoms. The van der Waals surface area contributed by atoms with Gasteiger partial charge in [-0.2, -0.15) is 0 Å². The largest absolute Gasteiger partial charge is 0.300 e. The van der Waals surface area contributed by atoms with Crippen LogP contribution in [0, 0.1) is 9.39 Å². The summed E-state index contributed by atoms with van der Waals surface area (Å²) in [5, 5.41) is 3.21. The summed E-state index contributed by atoms with van der Waals surface area (Å²) in [6, 6.07) is 13.6. The Balaban J connectivity index is 1.84. The number of carbonyl (C=O) groups is 1. The fourth-order valence-electron chi connectivity index (χ4n) is 1.85. The Morgan fingerprint density at radius 1 is 1.14 bits per heavy atom. The van der Waals surface area contributed by atoms with Gasteiger partial charge in [0.1, 0.15) is 5.82 Å². The Morgan fingerprint density at radius 2 is 1.86 bits per heavy atom. The van der Waals surface area contributed by atoms with Crippen LogP contribution in [0.3, 0.4) is 0 Å². The smallest absolute Gasteiger partial charge is 0.264 e. The van der Waals surface area contributed by atoms with Crippen LogP contribution >= 0.6 is 34.4 Å². The van der Waals surface area contributed by atoms with Crippen molar-refractivity contribution in [3.05, 3.63) is 68.4 Å². The molecule has 1 fully saturated rings. The highest BCUT2D eigenvalue weighted by atomic mass is 127. The van der Waals surface area contributed by atoms with Crippen molar-refractivity contribution in [3.8, 4) is 0 Å². The number of halogens is 2. The molecule has 0 unspecified atom stereocenters. The summed E-state index contributed by atoms with van der Waals surface area (Å²) in [6.07, 6.45) is 1.84. The fraction of sp³-hybridized carbons (Fsp3) is 0. The molecule has 0 aliphatic carbocycles. The summed E-state index contributed by atoms with van der Waals surface area (Å²) in [5.41, 5.74) is 1.59. The molecule has 0 atom stereocenters.